The fourth-order valence-corrected chi connectivity index (χ4v) is 2.56. The number of aliphatic imine (C=N–C) groups is 1. The first-order valence-electron chi connectivity index (χ1n) is 6.27. The fraction of sp³-hybridized carbons (Fsp3) is 0.143. The summed E-state index contributed by atoms with van der Waals surface area (Å²) in [6.45, 7) is 0. The monoisotopic (exact) mass is 346 g/mol. The number of hydrogen-bond acceptors (Lipinski definition) is 2. The molecule has 0 saturated heterocycles. The molecule has 2 aliphatic rings. The van der Waals surface area contributed by atoms with Crippen LogP contribution in [0.15, 0.2) is 41.0 Å². The summed E-state index contributed by atoms with van der Waals surface area (Å²) in [6, 6.07) is 2.96. The zero-order chi connectivity index (χ0) is 16.8. The Hall–Kier alpha value is -2.35. The Morgan fingerprint density at radius 3 is 2.74 bits per heavy atom. The topological polar surface area (TPSA) is 50.7 Å². The minimum absolute atomic E-state index is 0.0493. The predicted octanol–water partition coefficient (Wildman–Crippen LogP) is 4.02. The van der Waals surface area contributed by atoms with Gasteiger partial charge in [0.05, 0.1) is 10.7 Å². The van der Waals surface area contributed by atoms with E-state index in [1.165, 1.54) is 18.2 Å². The average molecular weight is 347 g/mol. The van der Waals surface area contributed by atoms with E-state index < -0.39 is 24.3 Å². The number of alkyl halides is 4. The zero-order valence-electron chi connectivity index (χ0n) is 11.1. The van der Waals surface area contributed by atoms with Crippen LogP contribution in [0.5, 0.6) is 5.75 Å². The summed E-state index contributed by atoms with van der Waals surface area (Å²) < 4.78 is 55.6. The van der Waals surface area contributed by atoms with Gasteiger partial charge >= 0.3 is 12.4 Å². The molecule has 1 aromatic carbocycles. The number of urea groups is 1. The summed E-state index contributed by atoms with van der Waals surface area (Å²) in [5.74, 6) is -0.565. The normalized spacial score (nSPS) is 20.3. The number of hydrogen-bond donors (Lipinski definition) is 1. The number of nitrogens with zero attached hydrogens (tertiary/aromatic N) is 1. The Balaban J connectivity index is 2.08. The minimum atomic E-state index is -4.93. The number of benzene rings is 1. The molecule has 120 valence electrons. The molecule has 1 aliphatic heterocycles. The number of carbonyl (C=O) groups excluding carboxylic acids is 1. The number of nitrogens with one attached hydrogen (secondary N) is 1. The van der Waals surface area contributed by atoms with Gasteiger partial charge < -0.3 is 10.1 Å². The van der Waals surface area contributed by atoms with Gasteiger partial charge in [-0.2, -0.15) is 4.99 Å². The Morgan fingerprint density at radius 1 is 1.30 bits per heavy atom. The summed E-state index contributed by atoms with van der Waals surface area (Å²) in [4.78, 5) is 14.6. The molecule has 4 nitrogen and oxygen atoms in total. The van der Waals surface area contributed by atoms with Crippen molar-refractivity contribution in [3.8, 4) is 5.75 Å². The van der Waals surface area contributed by atoms with Gasteiger partial charge in [0.1, 0.15) is 11.5 Å². The lowest BCUT2D eigenvalue weighted by Crippen LogP contribution is -2.23. The maximum absolute atomic E-state index is 14.1. The van der Waals surface area contributed by atoms with Gasteiger partial charge in [0, 0.05) is 5.56 Å². The molecule has 0 aromatic heterocycles. The third-order valence-electron chi connectivity index (χ3n) is 3.12. The van der Waals surface area contributed by atoms with Gasteiger partial charge in [0.25, 0.3) is 0 Å². The van der Waals surface area contributed by atoms with Crippen LogP contribution in [0, 0.1) is 0 Å². The molecule has 0 fully saturated rings. The van der Waals surface area contributed by atoms with Gasteiger partial charge in [-0.1, -0.05) is 17.7 Å². The van der Waals surface area contributed by atoms with E-state index in [4.69, 9.17) is 11.6 Å². The molecular formula is C14H7ClF4N2O2. The van der Waals surface area contributed by atoms with E-state index in [2.05, 4.69) is 15.0 Å². The molecule has 0 bridgehead atoms. The van der Waals surface area contributed by atoms with E-state index in [0.29, 0.717) is 0 Å². The third kappa shape index (κ3) is 3.07. The molecule has 9 heteroatoms. The Morgan fingerprint density at radius 2 is 2.04 bits per heavy atom. The van der Waals surface area contributed by atoms with Crippen LogP contribution < -0.4 is 10.1 Å². The maximum atomic E-state index is 14.1. The first-order chi connectivity index (χ1) is 10.7. The van der Waals surface area contributed by atoms with Crippen molar-refractivity contribution in [2.45, 2.75) is 12.5 Å². The Labute approximate surface area is 132 Å². The van der Waals surface area contributed by atoms with E-state index in [0.717, 1.165) is 12.1 Å². The summed E-state index contributed by atoms with van der Waals surface area (Å²) in [5, 5.41) is 2.26. The number of rotatable bonds is 2. The predicted molar refractivity (Wildman–Crippen MR) is 75.1 cm³/mol. The van der Waals surface area contributed by atoms with Crippen LogP contribution >= 0.6 is 11.6 Å². The number of carbonyl (C=O) groups is 1. The quantitative estimate of drug-likeness (QED) is 0.822. The van der Waals surface area contributed by atoms with Crippen molar-refractivity contribution in [3.63, 3.8) is 0 Å². The van der Waals surface area contributed by atoms with E-state index in [1.54, 1.807) is 0 Å². The molecule has 0 spiro atoms. The summed E-state index contributed by atoms with van der Waals surface area (Å²) in [7, 11) is 0. The van der Waals surface area contributed by atoms with Crippen LogP contribution in [0.4, 0.5) is 22.4 Å². The average Bonchev–Trinajstić information content (AvgIpc) is 2.78. The van der Waals surface area contributed by atoms with Crippen molar-refractivity contribution in [2.24, 2.45) is 4.99 Å². The van der Waals surface area contributed by atoms with Crippen molar-refractivity contribution >= 4 is 28.9 Å². The Kier molecular flexibility index (Phi) is 3.63. The highest BCUT2D eigenvalue weighted by molar-refractivity contribution is 6.33. The second kappa shape index (κ2) is 5.38. The van der Waals surface area contributed by atoms with Gasteiger partial charge in [0.2, 0.25) is 0 Å². The molecular weight excluding hydrogens is 340 g/mol. The second-order valence-electron chi connectivity index (χ2n) is 4.67. The standard InChI is InChI=1S/C14H7ClF4N2O2/c15-7-2-1-3-10(23-14(17,18)19)11(7)6-4-8(16)12-9(5-6)20-13(22)21-12/h1-5,8H,(H,20,22). The lowest BCUT2D eigenvalue weighted by molar-refractivity contribution is -0.274. The van der Waals surface area contributed by atoms with Gasteiger partial charge in [-0.25, -0.2) is 9.18 Å². The van der Waals surface area contributed by atoms with Crippen molar-refractivity contribution in [1.29, 1.82) is 0 Å². The molecule has 1 atom stereocenters. The zero-order valence-corrected chi connectivity index (χ0v) is 11.9. The fourth-order valence-electron chi connectivity index (χ4n) is 2.29. The van der Waals surface area contributed by atoms with Crippen LogP contribution in [0.1, 0.15) is 5.56 Å². The van der Waals surface area contributed by atoms with Gasteiger partial charge in [-0.15, -0.1) is 13.2 Å². The van der Waals surface area contributed by atoms with Gasteiger partial charge in [-0.05, 0) is 29.9 Å². The maximum Gasteiger partial charge on any atom is 0.573 e. The second-order valence-corrected chi connectivity index (χ2v) is 5.08. The highest BCUT2D eigenvalue weighted by Crippen LogP contribution is 2.39. The first-order valence-corrected chi connectivity index (χ1v) is 6.64. The lowest BCUT2D eigenvalue weighted by Gasteiger charge is -2.19. The number of allylic oxidation sites excluding steroid dienone is 4. The van der Waals surface area contributed by atoms with Crippen LogP contribution in [-0.4, -0.2) is 24.3 Å². The first kappa shape index (κ1) is 15.5. The van der Waals surface area contributed by atoms with Crippen LogP contribution in [0.25, 0.3) is 5.57 Å². The Bertz CT molecular complexity index is 783. The van der Waals surface area contributed by atoms with E-state index >= 15 is 0 Å². The van der Waals surface area contributed by atoms with Gasteiger partial charge in [-0.3, -0.25) is 0 Å². The molecule has 1 aliphatic carbocycles. The highest BCUT2D eigenvalue weighted by atomic mass is 35.5. The number of ether oxygens (including phenoxy) is 1. The van der Waals surface area contributed by atoms with Gasteiger partial charge in [0.15, 0.2) is 6.17 Å². The van der Waals surface area contributed by atoms with Crippen LogP contribution in [0.2, 0.25) is 5.02 Å². The molecule has 0 saturated carbocycles. The van der Waals surface area contributed by atoms with Crippen LogP contribution in [0.3, 0.4) is 0 Å². The molecule has 2 amide bonds. The van der Waals surface area contributed by atoms with E-state index in [9.17, 15) is 22.4 Å². The smallest absolute Gasteiger partial charge is 0.405 e. The largest absolute Gasteiger partial charge is 0.573 e. The van der Waals surface area contributed by atoms with E-state index in [-0.39, 0.29) is 27.6 Å². The summed E-state index contributed by atoms with van der Waals surface area (Å²) in [5.41, 5.74) is -0.109. The minimum Gasteiger partial charge on any atom is -0.405 e. The summed E-state index contributed by atoms with van der Waals surface area (Å²) >= 11 is 5.95. The third-order valence-corrected chi connectivity index (χ3v) is 3.43. The van der Waals surface area contributed by atoms with Crippen LogP contribution in [-0.2, 0) is 0 Å². The lowest BCUT2D eigenvalue weighted by atomic mass is 9.95. The van der Waals surface area contributed by atoms with E-state index in [1.807, 2.05) is 0 Å². The number of fused-ring (bicyclic) bond motifs is 1. The number of halogens is 5. The summed E-state index contributed by atoms with van der Waals surface area (Å²) in [6.07, 6.45) is -4.36. The molecule has 1 N–H and O–H groups in total. The molecule has 1 aromatic rings. The number of amides is 2. The highest BCUT2D eigenvalue weighted by Gasteiger charge is 2.34. The molecule has 1 unspecified atom stereocenters. The molecule has 1 heterocycles. The van der Waals surface area contributed by atoms with Crippen molar-refractivity contribution in [2.75, 3.05) is 0 Å². The SMILES string of the molecule is O=C1N=C2C(=CC(c3c(Cl)cccc3OC(F)(F)F)=CC2F)N1. The molecule has 0 radical (unpaired) electrons. The van der Waals surface area contributed by atoms with Crippen molar-refractivity contribution in [1.82, 2.24) is 5.32 Å². The molecule has 23 heavy (non-hydrogen) atoms. The molecule has 3 rings (SSSR count). The van der Waals surface area contributed by atoms with Crippen molar-refractivity contribution in [3.05, 3.63) is 46.6 Å². The van der Waals surface area contributed by atoms with Crippen molar-refractivity contribution < 1.29 is 27.1 Å².